The number of phenolic OH excluding ortho intramolecular Hbond substituents is 1. The Kier molecular flexibility index (Phi) is 6.07. The molecular formula is C18H13ClN2O4S3. The molecule has 2 aromatic carbocycles. The summed E-state index contributed by atoms with van der Waals surface area (Å²) in [7, 11) is 0. The van der Waals surface area contributed by atoms with Gasteiger partial charge in [-0.2, -0.15) is 4.89 Å². The van der Waals surface area contributed by atoms with Crippen LogP contribution in [0.4, 0.5) is 0 Å². The van der Waals surface area contributed by atoms with Gasteiger partial charge in [-0.15, -0.1) is 23.1 Å². The van der Waals surface area contributed by atoms with E-state index in [1.54, 1.807) is 30.3 Å². The van der Waals surface area contributed by atoms with Crippen molar-refractivity contribution in [3.8, 4) is 5.75 Å². The predicted octanol–water partition coefficient (Wildman–Crippen LogP) is 4.74. The number of benzene rings is 2. The fourth-order valence-electron chi connectivity index (χ4n) is 2.38. The topological polar surface area (TPSA) is 81.0 Å². The van der Waals surface area contributed by atoms with Gasteiger partial charge in [0.15, 0.2) is 6.04 Å². The molecule has 0 saturated carbocycles. The summed E-state index contributed by atoms with van der Waals surface area (Å²) in [6.45, 7) is 0. The Morgan fingerprint density at radius 3 is 2.93 bits per heavy atom. The first kappa shape index (κ1) is 19.5. The van der Waals surface area contributed by atoms with Gasteiger partial charge in [-0.1, -0.05) is 23.4 Å². The summed E-state index contributed by atoms with van der Waals surface area (Å²) in [5.74, 6) is 0.311. The van der Waals surface area contributed by atoms with E-state index >= 15 is 0 Å². The lowest BCUT2D eigenvalue weighted by Crippen LogP contribution is -2.21. The molecule has 3 aromatic rings. The van der Waals surface area contributed by atoms with Crippen molar-refractivity contribution >= 4 is 67.7 Å². The lowest BCUT2D eigenvalue weighted by atomic mass is 10.3. The van der Waals surface area contributed by atoms with Gasteiger partial charge in [-0.05, 0) is 42.5 Å². The lowest BCUT2D eigenvalue weighted by molar-refractivity contribution is -0.260. The molecule has 0 aliphatic carbocycles. The van der Waals surface area contributed by atoms with Crippen molar-refractivity contribution in [3.05, 3.63) is 52.5 Å². The van der Waals surface area contributed by atoms with Crippen LogP contribution >= 0.6 is 46.5 Å². The number of carbonyl (C=O) groups excluding carboxylic acids is 1. The van der Waals surface area contributed by atoms with Gasteiger partial charge in [0.2, 0.25) is 0 Å². The normalized spacial score (nSPS) is 16.3. The number of aromatic nitrogens is 1. The SMILES string of the molecule is O=C(OOCSc1ccc(Cl)cc1)[C@H]1CSC(c2nc3ccc(O)cc3s2)=N1. The Labute approximate surface area is 177 Å². The number of fused-ring (bicyclic) bond motifs is 1. The zero-order valence-corrected chi connectivity index (χ0v) is 17.4. The third-order valence-corrected chi connectivity index (χ3v) is 6.99. The van der Waals surface area contributed by atoms with E-state index in [1.807, 2.05) is 12.1 Å². The maximum atomic E-state index is 12.2. The molecule has 10 heteroatoms. The number of carbonyl (C=O) groups is 1. The van der Waals surface area contributed by atoms with Crippen LogP contribution in [0, 0.1) is 0 Å². The third kappa shape index (κ3) is 4.61. The van der Waals surface area contributed by atoms with Crippen molar-refractivity contribution in [2.45, 2.75) is 10.9 Å². The van der Waals surface area contributed by atoms with E-state index in [2.05, 4.69) is 9.98 Å². The van der Waals surface area contributed by atoms with Gasteiger partial charge in [0, 0.05) is 15.7 Å². The van der Waals surface area contributed by atoms with Gasteiger partial charge in [0.25, 0.3) is 0 Å². The zero-order chi connectivity index (χ0) is 19.5. The fourth-order valence-corrected chi connectivity index (χ4v) is 5.15. The molecule has 0 radical (unpaired) electrons. The molecule has 1 N–H and O–H groups in total. The summed E-state index contributed by atoms with van der Waals surface area (Å²) in [5.41, 5.74) is 0.787. The molecule has 0 bridgehead atoms. The second-order valence-electron chi connectivity index (χ2n) is 5.67. The molecule has 0 spiro atoms. The lowest BCUT2D eigenvalue weighted by Gasteiger charge is -2.06. The molecule has 0 unspecified atom stereocenters. The Morgan fingerprint density at radius 2 is 2.11 bits per heavy atom. The number of hydrogen-bond donors (Lipinski definition) is 1. The fraction of sp³-hybridized carbons (Fsp3) is 0.167. The van der Waals surface area contributed by atoms with Crippen LogP contribution in [0.5, 0.6) is 5.75 Å². The van der Waals surface area contributed by atoms with Crippen LogP contribution in [-0.4, -0.2) is 38.8 Å². The summed E-state index contributed by atoms with van der Waals surface area (Å²) in [6.07, 6.45) is 0. The van der Waals surface area contributed by atoms with Crippen molar-refractivity contribution in [3.63, 3.8) is 0 Å². The van der Waals surface area contributed by atoms with E-state index < -0.39 is 12.0 Å². The highest BCUT2D eigenvalue weighted by Gasteiger charge is 2.29. The Hall–Kier alpha value is -1.78. The molecule has 0 amide bonds. The molecule has 4 rings (SSSR count). The molecule has 1 aromatic heterocycles. The molecular weight excluding hydrogens is 440 g/mol. The summed E-state index contributed by atoms with van der Waals surface area (Å²) in [5, 5.41) is 11.6. The second-order valence-corrected chi connectivity index (χ2v) is 9.14. The van der Waals surface area contributed by atoms with E-state index in [4.69, 9.17) is 21.4 Å². The first-order valence-electron chi connectivity index (χ1n) is 8.11. The van der Waals surface area contributed by atoms with Crippen LogP contribution in [0.3, 0.4) is 0 Å². The van der Waals surface area contributed by atoms with Gasteiger partial charge in [-0.25, -0.2) is 9.78 Å². The smallest absolute Gasteiger partial charge is 0.367 e. The minimum atomic E-state index is -0.624. The molecule has 0 saturated heterocycles. The third-order valence-electron chi connectivity index (χ3n) is 3.71. The van der Waals surface area contributed by atoms with E-state index in [0.29, 0.717) is 15.8 Å². The Morgan fingerprint density at radius 1 is 1.29 bits per heavy atom. The number of hydrogen-bond acceptors (Lipinski definition) is 9. The average Bonchev–Trinajstić information content (AvgIpc) is 3.33. The molecule has 6 nitrogen and oxygen atoms in total. The minimum absolute atomic E-state index is 0.172. The quantitative estimate of drug-likeness (QED) is 0.190. The predicted molar refractivity (Wildman–Crippen MR) is 113 cm³/mol. The molecule has 0 fully saturated rings. The number of thiazole rings is 1. The highest BCUT2D eigenvalue weighted by molar-refractivity contribution is 8.15. The number of thioether (sulfide) groups is 2. The highest BCUT2D eigenvalue weighted by atomic mass is 35.5. The number of rotatable bonds is 6. The van der Waals surface area contributed by atoms with Crippen LogP contribution in [0.1, 0.15) is 5.01 Å². The minimum Gasteiger partial charge on any atom is -0.508 e. The van der Waals surface area contributed by atoms with Crippen molar-refractivity contribution in [2.24, 2.45) is 4.99 Å². The van der Waals surface area contributed by atoms with Crippen molar-refractivity contribution in [2.75, 3.05) is 11.7 Å². The van der Waals surface area contributed by atoms with Crippen molar-refractivity contribution in [1.82, 2.24) is 4.98 Å². The molecule has 1 atom stereocenters. The average molecular weight is 453 g/mol. The summed E-state index contributed by atoms with van der Waals surface area (Å²) >= 11 is 10.1. The van der Waals surface area contributed by atoms with Crippen molar-refractivity contribution < 1.29 is 19.7 Å². The Balaban J connectivity index is 1.31. The van der Waals surface area contributed by atoms with Gasteiger partial charge in [-0.3, -0.25) is 9.88 Å². The van der Waals surface area contributed by atoms with Crippen LogP contribution in [0.2, 0.25) is 5.02 Å². The summed E-state index contributed by atoms with van der Waals surface area (Å²) in [4.78, 5) is 31.9. The number of phenols is 1. The molecule has 2 heterocycles. The van der Waals surface area contributed by atoms with Crippen LogP contribution < -0.4 is 0 Å². The van der Waals surface area contributed by atoms with E-state index in [0.717, 1.165) is 20.1 Å². The molecule has 28 heavy (non-hydrogen) atoms. The number of aliphatic imine (C=N–C) groups is 1. The highest BCUT2D eigenvalue weighted by Crippen LogP contribution is 2.31. The number of aromatic hydroxyl groups is 1. The van der Waals surface area contributed by atoms with E-state index in [9.17, 15) is 9.90 Å². The molecule has 1 aliphatic heterocycles. The van der Waals surface area contributed by atoms with Gasteiger partial charge < -0.3 is 5.11 Å². The maximum absolute atomic E-state index is 12.2. The maximum Gasteiger partial charge on any atom is 0.367 e. The summed E-state index contributed by atoms with van der Waals surface area (Å²) < 4.78 is 0.867. The number of halogens is 1. The first-order valence-corrected chi connectivity index (χ1v) is 11.3. The zero-order valence-electron chi connectivity index (χ0n) is 14.2. The molecule has 144 valence electrons. The van der Waals surface area contributed by atoms with E-state index in [1.165, 1.54) is 34.9 Å². The standard InChI is InChI=1S/C18H13ClN2O4S3/c19-10-1-4-12(5-2-10)27-9-24-25-18(23)14-8-26-16(21-14)17-20-13-6-3-11(22)7-15(13)28-17/h1-7,14,22H,8-9H2/t14-/m1/s1. The van der Waals surface area contributed by atoms with Gasteiger partial charge in [0.1, 0.15) is 21.7 Å². The van der Waals surface area contributed by atoms with Gasteiger partial charge in [0.05, 0.1) is 10.2 Å². The van der Waals surface area contributed by atoms with Gasteiger partial charge >= 0.3 is 5.97 Å². The number of nitrogens with zero attached hydrogens (tertiary/aromatic N) is 2. The van der Waals surface area contributed by atoms with Crippen molar-refractivity contribution in [1.29, 1.82) is 0 Å². The van der Waals surface area contributed by atoms with Crippen LogP contribution in [0.15, 0.2) is 52.4 Å². The van der Waals surface area contributed by atoms with Crippen LogP contribution in [0.25, 0.3) is 10.2 Å². The Bertz CT molecular complexity index is 1040. The first-order chi connectivity index (χ1) is 13.6. The van der Waals surface area contributed by atoms with Crippen LogP contribution in [-0.2, 0) is 14.6 Å². The largest absolute Gasteiger partial charge is 0.508 e. The monoisotopic (exact) mass is 452 g/mol. The summed E-state index contributed by atoms with van der Waals surface area (Å²) in [6, 6.07) is 11.7. The molecule has 1 aliphatic rings. The second kappa shape index (κ2) is 8.71. The van der Waals surface area contributed by atoms with E-state index in [-0.39, 0.29) is 11.7 Å².